The van der Waals surface area contributed by atoms with Crippen LogP contribution in [0.5, 0.6) is 0 Å². The Balaban J connectivity index is 0.00000127. The second kappa shape index (κ2) is 9.52. The maximum Gasteiger partial charge on any atom is 0.270 e. The lowest BCUT2D eigenvalue weighted by molar-refractivity contribution is -0.384. The van der Waals surface area contributed by atoms with E-state index in [-0.39, 0.29) is 11.6 Å². The molecule has 1 aromatic rings. The van der Waals surface area contributed by atoms with E-state index < -0.39 is 4.92 Å². The Morgan fingerprint density at radius 1 is 1.43 bits per heavy atom. The molecule has 1 amide bonds. The number of hydrogen-bond acceptors (Lipinski definition) is 6. The summed E-state index contributed by atoms with van der Waals surface area (Å²) < 4.78 is 4.94. The van der Waals surface area contributed by atoms with Gasteiger partial charge in [0.2, 0.25) is 0 Å². The van der Waals surface area contributed by atoms with Crippen molar-refractivity contribution in [2.24, 2.45) is 5.92 Å². The molecular formula is C15H21N3O5. The van der Waals surface area contributed by atoms with Gasteiger partial charge in [0, 0.05) is 38.0 Å². The molecule has 0 aromatic heterocycles. The Morgan fingerprint density at radius 2 is 2.13 bits per heavy atom. The van der Waals surface area contributed by atoms with Crippen LogP contribution in [0.15, 0.2) is 18.2 Å². The number of ether oxygens (including phenoxy) is 1. The molecule has 1 fully saturated rings. The van der Waals surface area contributed by atoms with Gasteiger partial charge in [0.05, 0.1) is 17.1 Å². The summed E-state index contributed by atoms with van der Waals surface area (Å²) in [6, 6.07) is 4.24. The van der Waals surface area contributed by atoms with Crippen molar-refractivity contribution in [3.63, 3.8) is 0 Å². The predicted molar refractivity (Wildman–Crippen MR) is 85.6 cm³/mol. The topological polar surface area (TPSA) is 111 Å². The molecule has 0 heterocycles. The number of anilines is 1. The van der Waals surface area contributed by atoms with Crippen LogP contribution >= 0.6 is 0 Å². The number of non-ortho nitro benzene ring substituents is 1. The molecule has 0 unspecified atom stereocenters. The Morgan fingerprint density at radius 3 is 2.70 bits per heavy atom. The maximum atomic E-state index is 12.2. The van der Waals surface area contributed by atoms with Crippen molar-refractivity contribution in [2.75, 3.05) is 32.1 Å². The quantitative estimate of drug-likeness (QED) is 0.427. The van der Waals surface area contributed by atoms with E-state index in [2.05, 4.69) is 10.6 Å². The number of hydrogen-bond donors (Lipinski definition) is 2. The van der Waals surface area contributed by atoms with Crippen LogP contribution < -0.4 is 10.6 Å². The van der Waals surface area contributed by atoms with Gasteiger partial charge in [-0.25, -0.2) is 0 Å². The van der Waals surface area contributed by atoms with Crippen LogP contribution in [-0.2, 0) is 9.53 Å². The molecule has 0 atom stereocenters. The van der Waals surface area contributed by atoms with Crippen LogP contribution in [0.3, 0.4) is 0 Å². The highest BCUT2D eigenvalue weighted by molar-refractivity contribution is 6.00. The van der Waals surface area contributed by atoms with E-state index in [1.165, 1.54) is 12.1 Å². The van der Waals surface area contributed by atoms with Gasteiger partial charge >= 0.3 is 0 Å². The standard InChI is InChI=1S/C14H19N3O4.CH2O/c1-21-7-6-15-13-5-4-11(17(19)20)8-12(13)14(18)16-9-10-2-3-10;1-2/h4-5,8,10,15H,2-3,6-7,9H2,1H3,(H,16,18);1H2. The molecule has 8 nitrogen and oxygen atoms in total. The zero-order valence-electron chi connectivity index (χ0n) is 13.0. The normalized spacial score (nSPS) is 12.7. The third-order valence-corrected chi connectivity index (χ3v) is 3.33. The zero-order chi connectivity index (χ0) is 17.2. The summed E-state index contributed by atoms with van der Waals surface area (Å²) in [6.45, 7) is 3.64. The fraction of sp³-hybridized carbons (Fsp3) is 0.467. The SMILES string of the molecule is C=O.COCCNc1ccc([N+](=O)[O-])cc1C(=O)NCC1CC1. The fourth-order valence-electron chi connectivity index (χ4n) is 1.93. The third-order valence-electron chi connectivity index (χ3n) is 3.33. The average molecular weight is 323 g/mol. The van der Waals surface area contributed by atoms with Crippen molar-refractivity contribution >= 4 is 24.1 Å². The second-order valence-electron chi connectivity index (χ2n) is 5.06. The molecule has 1 aromatic carbocycles. The molecular weight excluding hydrogens is 302 g/mol. The van der Waals surface area contributed by atoms with E-state index in [1.807, 2.05) is 6.79 Å². The number of amides is 1. The molecule has 1 saturated carbocycles. The fourth-order valence-corrected chi connectivity index (χ4v) is 1.93. The smallest absolute Gasteiger partial charge is 0.270 e. The molecule has 1 aliphatic carbocycles. The summed E-state index contributed by atoms with van der Waals surface area (Å²) in [6.07, 6.45) is 2.27. The first-order chi connectivity index (χ1) is 11.1. The van der Waals surface area contributed by atoms with Crippen molar-refractivity contribution in [1.29, 1.82) is 0 Å². The van der Waals surface area contributed by atoms with Gasteiger partial charge in [-0.2, -0.15) is 0 Å². The lowest BCUT2D eigenvalue weighted by Gasteiger charge is -2.12. The minimum Gasteiger partial charge on any atom is -0.383 e. The first-order valence-corrected chi connectivity index (χ1v) is 7.20. The molecule has 0 saturated heterocycles. The van der Waals surface area contributed by atoms with Crippen LogP contribution in [0.1, 0.15) is 23.2 Å². The molecule has 0 spiro atoms. The highest BCUT2D eigenvalue weighted by atomic mass is 16.6. The van der Waals surface area contributed by atoms with Crippen molar-refractivity contribution in [1.82, 2.24) is 5.32 Å². The van der Waals surface area contributed by atoms with Gasteiger partial charge in [0.1, 0.15) is 6.79 Å². The minimum absolute atomic E-state index is 0.0936. The van der Waals surface area contributed by atoms with E-state index in [0.717, 1.165) is 12.8 Å². The van der Waals surface area contributed by atoms with Crippen LogP contribution in [0.4, 0.5) is 11.4 Å². The number of nitro groups is 1. The Labute approximate surface area is 134 Å². The van der Waals surface area contributed by atoms with Crippen molar-refractivity contribution in [3.05, 3.63) is 33.9 Å². The molecule has 2 rings (SSSR count). The Kier molecular flexibility index (Phi) is 7.69. The van der Waals surface area contributed by atoms with Gasteiger partial charge < -0.3 is 20.2 Å². The van der Waals surface area contributed by atoms with E-state index in [4.69, 9.17) is 9.53 Å². The number of benzene rings is 1. The van der Waals surface area contributed by atoms with Gasteiger partial charge in [-0.3, -0.25) is 14.9 Å². The molecule has 0 aliphatic heterocycles. The lowest BCUT2D eigenvalue weighted by atomic mass is 10.1. The van der Waals surface area contributed by atoms with Crippen LogP contribution in [0.2, 0.25) is 0 Å². The van der Waals surface area contributed by atoms with Crippen molar-refractivity contribution < 1.29 is 19.2 Å². The monoisotopic (exact) mass is 323 g/mol. The number of carbonyl (C=O) groups is 2. The van der Waals surface area contributed by atoms with Gasteiger partial charge in [0.15, 0.2) is 0 Å². The maximum absolute atomic E-state index is 12.2. The lowest BCUT2D eigenvalue weighted by Crippen LogP contribution is -2.26. The van der Waals surface area contributed by atoms with Gasteiger partial charge in [-0.1, -0.05) is 0 Å². The van der Waals surface area contributed by atoms with Crippen molar-refractivity contribution in [3.8, 4) is 0 Å². The molecule has 23 heavy (non-hydrogen) atoms. The number of nitrogens with one attached hydrogen (secondary N) is 2. The molecule has 0 bridgehead atoms. The van der Waals surface area contributed by atoms with E-state index in [1.54, 1.807) is 13.2 Å². The summed E-state index contributed by atoms with van der Waals surface area (Å²) in [5, 5.41) is 16.7. The summed E-state index contributed by atoms with van der Waals surface area (Å²) in [5.41, 5.74) is 0.774. The molecule has 1 aliphatic rings. The third kappa shape index (κ3) is 6.03. The summed E-state index contributed by atoms with van der Waals surface area (Å²) in [7, 11) is 1.58. The Bertz CT molecular complexity index is 546. The first kappa shape index (κ1) is 18.6. The highest BCUT2D eigenvalue weighted by Crippen LogP contribution is 2.28. The predicted octanol–water partition coefficient (Wildman–Crippen LogP) is 1.61. The van der Waals surface area contributed by atoms with Gasteiger partial charge in [-0.05, 0) is 24.8 Å². The summed E-state index contributed by atoms with van der Waals surface area (Å²) >= 11 is 0. The highest BCUT2D eigenvalue weighted by Gasteiger charge is 2.23. The number of nitrogens with zero attached hydrogens (tertiary/aromatic N) is 1. The summed E-state index contributed by atoms with van der Waals surface area (Å²) in [5.74, 6) is 0.267. The number of methoxy groups -OCH3 is 1. The van der Waals surface area contributed by atoms with E-state index in [9.17, 15) is 14.9 Å². The van der Waals surface area contributed by atoms with Crippen LogP contribution in [-0.4, -0.2) is 44.4 Å². The molecule has 126 valence electrons. The Hall–Kier alpha value is -2.48. The summed E-state index contributed by atoms with van der Waals surface area (Å²) in [4.78, 5) is 30.6. The van der Waals surface area contributed by atoms with Crippen LogP contribution in [0.25, 0.3) is 0 Å². The second-order valence-corrected chi connectivity index (χ2v) is 5.06. The molecule has 0 radical (unpaired) electrons. The van der Waals surface area contributed by atoms with Gasteiger partial charge in [-0.15, -0.1) is 0 Å². The number of rotatable bonds is 8. The number of carbonyl (C=O) groups excluding carboxylic acids is 2. The largest absolute Gasteiger partial charge is 0.383 e. The number of nitro benzene ring substituents is 1. The zero-order valence-corrected chi connectivity index (χ0v) is 13.0. The molecule has 8 heteroatoms. The van der Waals surface area contributed by atoms with E-state index >= 15 is 0 Å². The molecule has 2 N–H and O–H groups in total. The van der Waals surface area contributed by atoms with Gasteiger partial charge in [0.25, 0.3) is 11.6 Å². The van der Waals surface area contributed by atoms with Crippen LogP contribution in [0, 0.1) is 16.0 Å². The minimum atomic E-state index is -0.503. The average Bonchev–Trinajstić information content (AvgIpc) is 3.39. The van der Waals surface area contributed by atoms with Crippen molar-refractivity contribution in [2.45, 2.75) is 12.8 Å². The first-order valence-electron chi connectivity index (χ1n) is 7.20. The van der Waals surface area contributed by atoms with E-state index in [0.29, 0.717) is 36.9 Å².